The number of para-hydroxylation sites is 1. The number of carbonyl (C=O) groups excluding carboxylic acids is 2. The highest BCUT2D eigenvalue weighted by Crippen LogP contribution is 2.44. The molecular formula is C26H17NO6S. The summed E-state index contributed by atoms with van der Waals surface area (Å²) in [6.45, 7) is 0. The monoisotopic (exact) mass is 471 g/mol. The van der Waals surface area contributed by atoms with Crippen LogP contribution in [-0.2, 0) is 10.1 Å². The number of anilines is 2. The first-order valence-electron chi connectivity index (χ1n) is 10.3. The predicted molar refractivity (Wildman–Crippen MR) is 125 cm³/mol. The minimum absolute atomic E-state index is 0.0358. The molecule has 0 heterocycles. The Labute approximate surface area is 195 Å². The van der Waals surface area contributed by atoms with Crippen molar-refractivity contribution in [3.8, 4) is 11.5 Å². The van der Waals surface area contributed by atoms with Crippen molar-refractivity contribution in [3.05, 3.63) is 113 Å². The molecule has 0 bridgehead atoms. The molecule has 0 unspecified atom stereocenters. The van der Waals surface area contributed by atoms with E-state index in [2.05, 4.69) is 5.32 Å². The SMILES string of the molecule is O=C1c2ccccc2C(=O)c2c(Nc3ccccc3)c(OS(=O)(=O)c3ccccc3)cc(O)c21. The summed E-state index contributed by atoms with van der Waals surface area (Å²) >= 11 is 0. The molecule has 1 aliphatic carbocycles. The maximum Gasteiger partial charge on any atom is 0.339 e. The second-order valence-electron chi connectivity index (χ2n) is 7.56. The van der Waals surface area contributed by atoms with Gasteiger partial charge in [0.15, 0.2) is 17.3 Å². The summed E-state index contributed by atoms with van der Waals surface area (Å²) in [5.74, 6) is -1.96. The van der Waals surface area contributed by atoms with Gasteiger partial charge in [0, 0.05) is 22.9 Å². The van der Waals surface area contributed by atoms with E-state index >= 15 is 0 Å². The van der Waals surface area contributed by atoms with Crippen molar-refractivity contribution in [3.63, 3.8) is 0 Å². The van der Waals surface area contributed by atoms with Crippen LogP contribution < -0.4 is 9.50 Å². The molecule has 4 aromatic rings. The van der Waals surface area contributed by atoms with Crippen molar-refractivity contribution in [2.75, 3.05) is 5.32 Å². The summed E-state index contributed by atoms with van der Waals surface area (Å²) < 4.78 is 31.3. The van der Waals surface area contributed by atoms with Gasteiger partial charge in [0.1, 0.15) is 10.6 Å². The largest absolute Gasteiger partial charge is 0.507 e. The molecule has 0 atom stereocenters. The first kappa shape index (κ1) is 21.4. The third-order valence-corrected chi connectivity index (χ3v) is 6.66. The van der Waals surface area contributed by atoms with E-state index in [9.17, 15) is 23.1 Å². The third kappa shape index (κ3) is 3.60. The second kappa shape index (κ2) is 8.17. The summed E-state index contributed by atoms with van der Waals surface area (Å²) in [5, 5.41) is 13.7. The standard InChI is InChI=1S/C26H17NO6S/c28-20-15-21(33-34(31,32)17-11-5-2-6-12-17)24(27-16-9-3-1-4-10-16)23-22(20)25(29)18-13-7-8-14-19(18)26(23)30/h1-15,27-28H. The van der Waals surface area contributed by atoms with Crippen molar-refractivity contribution in [1.82, 2.24) is 0 Å². The normalized spacial score (nSPS) is 12.6. The van der Waals surface area contributed by atoms with E-state index in [0.717, 1.165) is 6.07 Å². The topological polar surface area (TPSA) is 110 Å². The molecule has 0 spiro atoms. The maximum atomic E-state index is 13.5. The minimum Gasteiger partial charge on any atom is -0.507 e. The number of phenolic OH excluding ortho intramolecular Hbond substituents is 1. The van der Waals surface area contributed by atoms with Crippen LogP contribution in [0.15, 0.2) is 95.9 Å². The highest BCUT2D eigenvalue weighted by Gasteiger charge is 2.37. The quantitative estimate of drug-likeness (QED) is 0.283. The summed E-state index contributed by atoms with van der Waals surface area (Å²) in [6, 6.07) is 23.5. The van der Waals surface area contributed by atoms with Crippen molar-refractivity contribution in [2.45, 2.75) is 4.90 Å². The number of rotatable bonds is 5. The van der Waals surface area contributed by atoms with Gasteiger partial charge in [-0.2, -0.15) is 8.42 Å². The number of hydrogen-bond donors (Lipinski definition) is 2. The van der Waals surface area contributed by atoms with Gasteiger partial charge >= 0.3 is 10.1 Å². The molecular weight excluding hydrogens is 454 g/mol. The molecule has 34 heavy (non-hydrogen) atoms. The Morgan fingerprint density at radius 3 is 1.85 bits per heavy atom. The van der Waals surface area contributed by atoms with Crippen LogP contribution in [0.5, 0.6) is 11.5 Å². The fourth-order valence-corrected chi connectivity index (χ4v) is 4.81. The van der Waals surface area contributed by atoms with E-state index in [4.69, 9.17) is 4.18 Å². The second-order valence-corrected chi connectivity index (χ2v) is 9.11. The number of benzene rings is 4. The van der Waals surface area contributed by atoms with Crippen LogP contribution in [0.25, 0.3) is 0 Å². The van der Waals surface area contributed by atoms with Gasteiger partial charge in [-0.3, -0.25) is 9.59 Å². The van der Waals surface area contributed by atoms with E-state index in [0.29, 0.717) is 5.69 Å². The zero-order chi connectivity index (χ0) is 23.9. The number of phenols is 1. The fraction of sp³-hybridized carbons (Fsp3) is 0. The van der Waals surface area contributed by atoms with Crippen LogP contribution in [0.2, 0.25) is 0 Å². The summed E-state index contributed by atoms with van der Waals surface area (Å²) in [6.07, 6.45) is 0. The number of fused-ring (bicyclic) bond motifs is 2. The summed E-state index contributed by atoms with van der Waals surface area (Å²) in [5.41, 5.74) is 0.422. The maximum absolute atomic E-state index is 13.5. The lowest BCUT2D eigenvalue weighted by atomic mass is 9.82. The average molecular weight is 471 g/mol. The van der Waals surface area contributed by atoms with Crippen LogP contribution in [0.1, 0.15) is 31.8 Å². The van der Waals surface area contributed by atoms with Gasteiger partial charge in [-0.15, -0.1) is 0 Å². The van der Waals surface area contributed by atoms with Crippen molar-refractivity contribution >= 4 is 33.1 Å². The Kier molecular flexibility index (Phi) is 5.14. The van der Waals surface area contributed by atoms with Crippen LogP contribution in [0.4, 0.5) is 11.4 Å². The van der Waals surface area contributed by atoms with Crippen molar-refractivity contribution < 1.29 is 27.3 Å². The Bertz CT molecular complexity index is 1550. The molecule has 0 amide bonds. The Morgan fingerprint density at radius 2 is 1.24 bits per heavy atom. The molecule has 2 N–H and O–H groups in total. The van der Waals surface area contributed by atoms with Gasteiger partial charge < -0.3 is 14.6 Å². The Morgan fingerprint density at radius 1 is 0.706 bits per heavy atom. The van der Waals surface area contributed by atoms with E-state index in [1.807, 2.05) is 0 Å². The summed E-state index contributed by atoms with van der Waals surface area (Å²) in [4.78, 5) is 26.6. The molecule has 0 radical (unpaired) electrons. The molecule has 0 saturated heterocycles. The lowest BCUT2D eigenvalue weighted by Crippen LogP contribution is -2.23. The first-order valence-corrected chi connectivity index (χ1v) is 11.7. The highest BCUT2D eigenvalue weighted by molar-refractivity contribution is 7.87. The summed E-state index contributed by atoms with van der Waals surface area (Å²) in [7, 11) is -4.31. The molecule has 8 heteroatoms. The zero-order valence-corrected chi connectivity index (χ0v) is 18.4. The van der Waals surface area contributed by atoms with E-state index in [1.165, 1.54) is 24.3 Å². The predicted octanol–water partition coefficient (Wildman–Crippen LogP) is 4.68. The Balaban J connectivity index is 1.74. The number of hydrogen-bond acceptors (Lipinski definition) is 7. The molecule has 0 saturated carbocycles. The van der Waals surface area contributed by atoms with Crippen molar-refractivity contribution in [1.29, 1.82) is 0 Å². The molecule has 5 rings (SSSR count). The lowest BCUT2D eigenvalue weighted by Gasteiger charge is -2.24. The van der Waals surface area contributed by atoms with E-state index < -0.39 is 27.4 Å². The molecule has 0 fully saturated rings. The zero-order valence-electron chi connectivity index (χ0n) is 17.6. The third-order valence-electron chi connectivity index (χ3n) is 5.42. The van der Waals surface area contributed by atoms with Crippen molar-refractivity contribution in [2.24, 2.45) is 0 Å². The highest BCUT2D eigenvalue weighted by atomic mass is 32.2. The molecule has 7 nitrogen and oxygen atoms in total. The molecule has 1 aliphatic rings. The van der Waals surface area contributed by atoms with Gasteiger partial charge in [0.2, 0.25) is 0 Å². The average Bonchev–Trinajstić information content (AvgIpc) is 2.85. The molecule has 4 aromatic carbocycles. The van der Waals surface area contributed by atoms with Crippen LogP contribution >= 0.6 is 0 Å². The van der Waals surface area contributed by atoms with E-state index in [1.54, 1.807) is 60.7 Å². The lowest BCUT2D eigenvalue weighted by molar-refractivity contribution is 0.0977. The van der Waals surface area contributed by atoms with Gasteiger partial charge in [0.25, 0.3) is 0 Å². The smallest absolute Gasteiger partial charge is 0.339 e. The van der Waals surface area contributed by atoms with Crippen LogP contribution in [0, 0.1) is 0 Å². The number of aromatic hydroxyl groups is 1. The molecule has 168 valence electrons. The van der Waals surface area contributed by atoms with Gasteiger partial charge in [-0.05, 0) is 24.3 Å². The minimum atomic E-state index is -4.31. The number of nitrogens with one attached hydrogen (secondary N) is 1. The Hall–Kier alpha value is -4.43. The molecule has 0 aliphatic heterocycles. The van der Waals surface area contributed by atoms with Crippen LogP contribution in [-0.4, -0.2) is 25.1 Å². The molecule has 0 aromatic heterocycles. The number of carbonyl (C=O) groups is 2. The fourth-order valence-electron chi connectivity index (χ4n) is 3.86. The van der Waals surface area contributed by atoms with E-state index in [-0.39, 0.29) is 38.6 Å². The van der Waals surface area contributed by atoms with Gasteiger partial charge in [-0.25, -0.2) is 0 Å². The first-order chi connectivity index (χ1) is 16.4. The van der Waals surface area contributed by atoms with Gasteiger partial charge in [-0.1, -0.05) is 60.7 Å². The van der Waals surface area contributed by atoms with Crippen LogP contribution in [0.3, 0.4) is 0 Å². The van der Waals surface area contributed by atoms with Gasteiger partial charge in [0.05, 0.1) is 16.8 Å². The number of ketones is 2.